The molecule has 0 radical (unpaired) electrons. The Morgan fingerprint density at radius 1 is 0.926 bits per heavy atom. The van der Waals surface area contributed by atoms with Crippen LogP contribution >= 0.6 is 0 Å². The van der Waals surface area contributed by atoms with Crippen molar-refractivity contribution in [1.29, 1.82) is 0 Å². The Morgan fingerprint density at radius 3 is 2.44 bits per heavy atom. The Morgan fingerprint density at radius 2 is 1.67 bits per heavy atom. The number of amides is 2. The van der Waals surface area contributed by atoms with E-state index >= 15 is 0 Å². The van der Waals surface area contributed by atoms with Gasteiger partial charge in [-0.05, 0) is 59.2 Å². The maximum absolute atomic E-state index is 12.1. The van der Waals surface area contributed by atoms with E-state index in [-0.39, 0.29) is 5.91 Å². The molecule has 0 atom stereocenters. The maximum Gasteiger partial charge on any atom is 0.269 e. The van der Waals surface area contributed by atoms with Crippen molar-refractivity contribution >= 4 is 28.7 Å². The fourth-order valence-corrected chi connectivity index (χ4v) is 2.70. The molecule has 136 valence electrons. The van der Waals surface area contributed by atoms with Crippen LogP contribution in [0.15, 0.2) is 66.7 Å². The van der Waals surface area contributed by atoms with Crippen LogP contribution in [0, 0.1) is 6.92 Å². The van der Waals surface area contributed by atoms with Gasteiger partial charge >= 0.3 is 0 Å². The molecular formula is C22H20N2O3. The van der Waals surface area contributed by atoms with Gasteiger partial charge in [0.2, 0.25) is 0 Å². The minimum absolute atomic E-state index is 0.352. The van der Waals surface area contributed by atoms with Crippen molar-refractivity contribution in [3.05, 3.63) is 83.4 Å². The van der Waals surface area contributed by atoms with Crippen molar-refractivity contribution in [2.75, 3.05) is 7.11 Å². The Balaban J connectivity index is 1.62. The summed E-state index contributed by atoms with van der Waals surface area (Å²) in [6.45, 7) is 1.84. The highest BCUT2D eigenvalue weighted by molar-refractivity contribution is 5.99. The van der Waals surface area contributed by atoms with Crippen LogP contribution in [0.2, 0.25) is 0 Å². The van der Waals surface area contributed by atoms with Gasteiger partial charge in [0.25, 0.3) is 11.8 Å². The van der Waals surface area contributed by atoms with E-state index in [2.05, 4.69) is 10.9 Å². The van der Waals surface area contributed by atoms with Crippen LogP contribution in [-0.4, -0.2) is 18.9 Å². The monoisotopic (exact) mass is 360 g/mol. The van der Waals surface area contributed by atoms with Gasteiger partial charge in [-0.2, -0.15) is 0 Å². The summed E-state index contributed by atoms with van der Waals surface area (Å²) in [5.41, 5.74) is 7.05. The molecule has 0 bridgehead atoms. The second-order valence-corrected chi connectivity index (χ2v) is 6.06. The molecule has 3 rings (SSSR count). The number of fused-ring (bicyclic) bond motifs is 1. The number of methoxy groups -OCH3 is 1. The molecule has 3 aromatic rings. The van der Waals surface area contributed by atoms with Crippen molar-refractivity contribution in [3.63, 3.8) is 0 Å². The third-order valence-electron chi connectivity index (χ3n) is 4.19. The minimum atomic E-state index is -0.410. The molecule has 27 heavy (non-hydrogen) atoms. The van der Waals surface area contributed by atoms with Gasteiger partial charge in [0, 0.05) is 11.6 Å². The van der Waals surface area contributed by atoms with Crippen LogP contribution in [0.1, 0.15) is 21.5 Å². The lowest BCUT2D eigenvalue weighted by Gasteiger charge is -2.07. The fraction of sp³-hybridized carbons (Fsp3) is 0.0909. The van der Waals surface area contributed by atoms with Gasteiger partial charge in [-0.1, -0.05) is 36.4 Å². The fourth-order valence-electron chi connectivity index (χ4n) is 2.70. The van der Waals surface area contributed by atoms with Crippen molar-refractivity contribution in [2.45, 2.75) is 6.92 Å². The molecule has 0 aliphatic rings. The Labute approximate surface area is 157 Å². The SMILES string of the molecule is COc1ccc2cc(/C=C/C(=O)NNC(=O)c3ccccc3C)ccc2c1. The van der Waals surface area contributed by atoms with Gasteiger partial charge in [0.15, 0.2) is 0 Å². The van der Waals surface area contributed by atoms with E-state index in [0.29, 0.717) is 5.56 Å². The first kappa shape index (κ1) is 18.2. The first-order valence-corrected chi connectivity index (χ1v) is 8.48. The predicted molar refractivity (Wildman–Crippen MR) is 106 cm³/mol. The lowest BCUT2D eigenvalue weighted by atomic mass is 10.1. The van der Waals surface area contributed by atoms with E-state index < -0.39 is 5.91 Å². The van der Waals surface area contributed by atoms with Gasteiger partial charge in [-0.25, -0.2) is 0 Å². The van der Waals surface area contributed by atoms with Gasteiger partial charge in [-0.15, -0.1) is 0 Å². The number of ether oxygens (including phenoxy) is 1. The third kappa shape index (κ3) is 4.52. The topological polar surface area (TPSA) is 67.4 Å². The summed E-state index contributed by atoms with van der Waals surface area (Å²) in [4.78, 5) is 24.0. The van der Waals surface area contributed by atoms with E-state index in [9.17, 15) is 9.59 Å². The summed E-state index contributed by atoms with van der Waals surface area (Å²) in [7, 11) is 1.63. The quantitative estimate of drug-likeness (QED) is 0.551. The Hall–Kier alpha value is -3.60. The van der Waals surface area contributed by atoms with Crippen LogP contribution in [0.3, 0.4) is 0 Å². The molecule has 3 aromatic carbocycles. The second kappa shape index (κ2) is 8.19. The number of carbonyl (C=O) groups is 2. The number of carbonyl (C=O) groups excluding carboxylic acids is 2. The molecule has 0 saturated carbocycles. The molecule has 0 unspecified atom stereocenters. The smallest absolute Gasteiger partial charge is 0.269 e. The molecule has 0 spiro atoms. The molecule has 2 amide bonds. The number of hydrogen-bond acceptors (Lipinski definition) is 3. The first-order valence-electron chi connectivity index (χ1n) is 8.48. The number of nitrogens with one attached hydrogen (secondary N) is 2. The van der Waals surface area contributed by atoms with Crippen molar-refractivity contribution < 1.29 is 14.3 Å². The molecule has 0 aromatic heterocycles. The molecule has 0 aliphatic carbocycles. The highest BCUT2D eigenvalue weighted by Crippen LogP contribution is 2.22. The number of aryl methyl sites for hydroxylation is 1. The van der Waals surface area contributed by atoms with E-state index in [4.69, 9.17) is 4.74 Å². The van der Waals surface area contributed by atoms with Crippen LogP contribution in [0.4, 0.5) is 0 Å². The molecular weight excluding hydrogens is 340 g/mol. The highest BCUT2D eigenvalue weighted by Gasteiger charge is 2.08. The second-order valence-electron chi connectivity index (χ2n) is 6.06. The normalized spacial score (nSPS) is 10.7. The number of rotatable bonds is 4. The summed E-state index contributed by atoms with van der Waals surface area (Å²) < 4.78 is 5.22. The summed E-state index contributed by atoms with van der Waals surface area (Å²) in [5.74, 6) is 0.0378. The molecule has 0 aliphatic heterocycles. The van der Waals surface area contributed by atoms with Crippen LogP contribution in [-0.2, 0) is 4.79 Å². The summed E-state index contributed by atoms with van der Waals surface area (Å²) in [5, 5.41) is 2.10. The molecule has 2 N–H and O–H groups in total. The minimum Gasteiger partial charge on any atom is -0.497 e. The number of benzene rings is 3. The van der Waals surface area contributed by atoms with Crippen LogP contribution < -0.4 is 15.6 Å². The highest BCUT2D eigenvalue weighted by atomic mass is 16.5. The number of hydrogen-bond donors (Lipinski definition) is 2. The van der Waals surface area contributed by atoms with Gasteiger partial charge in [0.1, 0.15) is 5.75 Å². The van der Waals surface area contributed by atoms with E-state index in [1.807, 2.05) is 55.5 Å². The van der Waals surface area contributed by atoms with E-state index in [1.54, 1.807) is 25.3 Å². The molecule has 5 heteroatoms. The third-order valence-corrected chi connectivity index (χ3v) is 4.19. The average molecular weight is 360 g/mol. The molecule has 5 nitrogen and oxygen atoms in total. The average Bonchev–Trinajstić information content (AvgIpc) is 2.70. The summed E-state index contributed by atoms with van der Waals surface area (Å²) in [6, 6.07) is 18.8. The molecule has 0 saturated heterocycles. The zero-order valence-corrected chi connectivity index (χ0v) is 15.2. The van der Waals surface area contributed by atoms with Crippen molar-refractivity contribution in [3.8, 4) is 5.75 Å². The van der Waals surface area contributed by atoms with E-state index in [1.165, 1.54) is 6.08 Å². The Bertz CT molecular complexity index is 1020. The zero-order valence-electron chi connectivity index (χ0n) is 15.2. The largest absolute Gasteiger partial charge is 0.497 e. The first-order chi connectivity index (χ1) is 13.1. The Kier molecular flexibility index (Phi) is 5.52. The van der Waals surface area contributed by atoms with Gasteiger partial charge in [0.05, 0.1) is 7.11 Å². The van der Waals surface area contributed by atoms with Gasteiger partial charge < -0.3 is 4.74 Å². The van der Waals surface area contributed by atoms with E-state index in [0.717, 1.165) is 27.6 Å². The van der Waals surface area contributed by atoms with Crippen molar-refractivity contribution in [2.24, 2.45) is 0 Å². The summed E-state index contributed by atoms with van der Waals surface area (Å²) >= 11 is 0. The van der Waals surface area contributed by atoms with Gasteiger partial charge in [-0.3, -0.25) is 20.4 Å². The lowest BCUT2D eigenvalue weighted by Crippen LogP contribution is -2.41. The molecule has 0 heterocycles. The van der Waals surface area contributed by atoms with Crippen molar-refractivity contribution in [1.82, 2.24) is 10.9 Å². The predicted octanol–water partition coefficient (Wildman–Crippen LogP) is 3.63. The standard InChI is InChI=1S/C22H20N2O3/c1-15-5-3-4-6-20(15)22(26)24-23-21(25)12-8-16-7-9-18-14-19(27-2)11-10-17(18)13-16/h3-14H,1-2H3,(H,23,25)(H,24,26)/b12-8+. The lowest BCUT2D eigenvalue weighted by molar-refractivity contribution is -0.117. The molecule has 0 fully saturated rings. The maximum atomic E-state index is 12.1. The summed E-state index contributed by atoms with van der Waals surface area (Å²) in [6.07, 6.45) is 3.07. The van der Waals surface area contributed by atoms with Crippen LogP contribution in [0.5, 0.6) is 5.75 Å². The zero-order chi connectivity index (χ0) is 19.2. The number of hydrazine groups is 1. The van der Waals surface area contributed by atoms with Crippen LogP contribution in [0.25, 0.3) is 16.8 Å².